The molecule has 0 fully saturated rings. The fourth-order valence-corrected chi connectivity index (χ4v) is 0.851. The van der Waals surface area contributed by atoms with Crippen molar-refractivity contribution in [2.24, 2.45) is 0 Å². The lowest BCUT2D eigenvalue weighted by atomic mass is 10.3. The second-order valence-corrected chi connectivity index (χ2v) is 2.64. The molecule has 0 saturated carbocycles. The molecule has 72 valence electrons. The fraction of sp³-hybridized carbons (Fsp3) is 0.571. The molecule has 0 aliphatic carbocycles. The summed E-state index contributed by atoms with van der Waals surface area (Å²) in [5.74, 6) is 0.160. The highest BCUT2D eigenvalue weighted by molar-refractivity contribution is 5.28. The van der Waals surface area contributed by atoms with Crippen molar-refractivity contribution in [3.05, 3.63) is 20.8 Å². The van der Waals surface area contributed by atoms with E-state index in [-0.39, 0.29) is 5.82 Å². The van der Waals surface area contributed by atoms with E-state index < -0.39 is 11.2 Å². The van der Waals surface area contributed by atoms with Crippen LogP contribution >= 0.6 is 0 Å². The van der Waals surface area contributed by atoms with E-state index in [9.17, 15) is 9.59 Å². The number of nitrogens with zero attached hydrogens (tertiary/aromatic N) is 1. The van der Waals surface area contributed by atoms with Crippen LogP contribution < -0.4 is 16.6 Å². The number of unbranched alkanes of at least 4 members (excludes halogenated alkanes) is 1. The number of aromatic nitrogens is 3. The first kappa shape index (κ1) is 9.50. The number of anilines is 1. The summed E-state index contributed by atoms with van der Waals surface area (Å²) in [6, 6.07) is 0. The maximum absolute atomic E-state index is 11.0. The minimum Gasteiger partial charge on any atom is -0.364 e. The van der Waals surface area contributed by atoms with Crippen LogP contribution in [0.2, 0.25) is 0 Å². The first-order valence-electron chi connectivity index (χ1n) is 4.17. The zero-order valence-electron chi connectivity index (χ0n) is 7.39. The zero-order valence-corrected chi connectivity index (χ0v) is 7.39. The molecule has 0 aliphatic rings. The van der Waals surface area contributed by atoms with E-state index in [0.29, 0.717) is 6.54 Å². The molecule has 1 heterocycles. The van der Waals surface area contributed by atoms with E-state index in [2.05, 4.69) is 20.5 Å². The van der Waals surface area contributed by atoms with Crippen molar-refractivity contribution >= 4 is 5.82 Å². The predicted molar refractivity (Wildman–Crippen MR) is 48.9 cm³/mol. The minimum absolute atomic E-state index is 0.160. The second kappa shape index (κ2) is 4.44. The van der Waals surface area contributed by atoms with Crippen molar-refractivity contribution in [2.45, 2.75) is 19.8 Å². The van der Waals surface area contributed by atoms with Gasteiger partial charge in [-0.2, -0.15) is 0 Å². The largest absolute Gasteiger partial charge is 0.364 e. The molecule has 1 aromatic rings. The third-order valence-electron chi connectivity index (χ3n) is 1.53. The van der Waals surface area contributed by atoms with Gasteiger partial charge >= 0.3 is 5.69 Å². The summed E-state index contributed by atoms with van der Waals surface area (Å²) in [5.41, 5.74) is -1.08. The predicted octanol–water partition coefficient (Wildman–Crippen LogP) is -0.330. The van der Waals surface area contributed by atoms with Crippen LogP contribution in [0.15, 0.2) is 9.59 Å². The molecule has 0 bridgehead atoms. The second-order valence-electron chi connectivity index (χ2n) is 2.64. The van der Waals surface area contributed by atoms with Crippen molar-refractivity contribution in [1.29, 1.82) is 0 Å². The summed E-state index contributed by atoms with van der Waals surface area (Å²) in [4.78, 5) is 23.7. The molecular weight excluding hydrogens is 172 g/mol. The van der Waals surface area contributed by atoms with E-state index in [1.807, 2.05) is 6.92 Å². The lowest BCUT2D eigenvalue weighted by Gasteiger charge is -2.00. The quantitative estimate of drug-likeness (QED) is 0.559. The summed E-state index contributed by atoms with van der Waals surface area (Å²) >= 11 is 0. The van der Waals surface area contributed by atoms with Crippen LogP contribution in [0.1, 0.15) is 19.8 Å². The number of H-pyrrole nitrogens is 2. The van der Waals surface area contributed by atoms with Crippen LogP contribution in [0.4, 0.5) is 5.82 Å². The topological polar surface area (TPSA) is 90.6 Å². The van der Waals surface area contributed by atoms with Gasteiger partial charge in [-0.05, 0) is 6.42 Å². The van der Waals surface area contributed by atoms with Crippen molar-refractivity contribution in [2.75, 3.05) is 11.9 Å². The molecule has 0 aromatic carbocycles. The summed E-state index contributed by atoms with van der Waals surface area (Å²) in [5, 5.41) is 8.52. The number of rotatable bonds is 4. The van der Waals surface area contributed by atoms with Gasteiger partial charge in [-0.3, -0.25) is 9.78 Å². The van der Waals surface area contributed by atoms with Crippen LogP contribution in [0.5, 0.6) is 0 Å². The SMILES string of the molecule is CCCCNc1n[nH]c(=O)[nH]c1=O. The fourth-order valence-electron chi connectivity index (χ4n) is 0.851. The molecule has 0 spiro atoms. The van der Waals surface area contributed by atoms with Gasteiger partial charge in [-0.15, -0.1) is 5.10 Å². The molecule has 0 radical (unpaired) electrons. The maximum Gasteiger partial charge on any atom is 0.342 e. The third kappa shape index (κ3) is 2.73. The van der Waals surface area contributed by atoms with Crippen molar-refractivity contribution in [3.8, 4) is 0 Å². The molecule has 0 unspecified atom stereocenters. The summed E-state index contributed by atoms with van der Waals surface area (Å²) in [7, 11) is 0. The number of nitrogens with one attached hydrogen (secondary N) is 3. The third-order valence-corrected chi connectivity index (χ3v) is 1.53. The number of hydrogen-bond acceptors (Lipinski definition) is 4. The average molecular weight is 184 g/mol. The van der Waals surface area contributed by atoms with E-state index in [0.717, 1.165) is 12.8 Å². The molecule has 1 aromatic heterocycles. The van der Waals surface area contributed by atoms with Crippen LogP contribution in [-0.2, 0) is 0 Å². The van der Waals surface area contributed by atoms with Gasteiger partial charge in [0.15, 0.2) is 0 Å². The summed E-state index contributed by atoms with van der Waals surface area (Å²) in [6.07, 6.45) is 1.99. The van der Waals surface area contributed by atoms with E-state index >= 15 is 0 Å². The average Bonchev–Trinajstić information content (AvgIpc) is 2.09. The van der Waals surface area contributed by atoms with Crippen LogP contribution in [0, 0.1) is 0 Å². The van der Waals surface area contributed by atoms with Crippen LogP contribution in [0.3, 0.4) is 0 Å². The van der Waals surface area contributed by atoms with Gasteiger partial charge in [0.05, 0.1) is 0 Å². The van der Waals surface area contributed by atoms with E-state index in [1.54, 1.807) is 0 Å². The Hall–Kier alpha value is -1.59. The lowest BCUT2D eigenvalue weighted by molar-refractivity contribution is 0.814. The van der Waals surface area contributed by atoms with Crippen molar-refractivity contribution < 1.29 is 0 Å². The van der Waals surface area contributed by atoms with Gasteiger partial charge in [-0.25, -0.2) is 9.89 Å². The lowest BCUT2D eigenvalue weighted by Crippen LogP contribution is -2.27. The van der Waals surface area contributed by atoms with Crippen LogP contribution in [0.25, 0.3) is 0 Å². The molecule has 0 saturated heterocycles. The molecule has 6 nitrogen and oxygen atoms in total. The maximum atomic E-state index is 11.0. The number of hydrogen-bond donors (Lipinski definition) is 3. The zero-order chi connectivity index (χ0) is 9.68. The Bertz CT molecular complexity index is 367. The Morgan fingerprint density at radius 2 is 2.23 bits per heavy atom. The molecule has 3 N–H and O–H groups in total. The van der Waals surface area contributed by atoms with Gasteiger partial charge in [0.1, 0.15) is 0 Å². The smallest absolute Gasteiger partial charge is 0.342 e. The highest BCUT2D eigenvalue weighted by atomic mass is 16.2. The van der Waals surface area contributed by atoms with Gasteiger partial charge < -0.3 is 5.32 Å². The monoisotopic (exact) mass is 184 g/mol. The molecule has 13 heavy (non-hydrogen) atoms. The highest BCUT2D eigenvalue weighted by Gasteiger charge is 1.98. The standard InChI is InChI=1S/C7H12N4O2/c1-2-3-4-8-5-6(12)9-7(13)11-10-5/h2-4H2,1H3,(H,8,10)(H2,9,11,12,13). The molecule has 1 rings (SSSR count). The molecular formula is C7H12N4O2. The summed E-state index contributed by atoms with van der Waals surface area (Å²) in [6.45, 7) is 2.73. The summed E-state index contributed by atoms with van der Waals surface area (Å²) < 4.78 is 0. The Kier molecular flexibility index (Phi) is 3.24. The van der Waals surface area contributed by atoms with Crippen molar-refractivity contribution in [1.82, 2.24) is 15.2 Å². The minimum atomic E-state index is -0.592. The van der Waals surface area contributed by atoms with Crippen molar-refractivity contribution in [3.63, 3.8) is 0 Å². The molecule has 0 aliphatic heterocycles. The Labute approximate surface area is 74.4 Å². The molecule has 0 amide bonds. The first-order valence-corrected chi connectivity index (χ1v) is 4.17. The van der Waals surface area contributed by atoms with Crippen LogP contribution in [-0.4, -0.2) is 21.7 Å². The Morgan fingerprint density at radius 1 is 1.46 bits per heavy atom. The highest BCUT2D eigenvalue weighted by Crippen LogP contribution is 1.89. The van der Waals surface area contributed by atoms with Gasteiger partial charge in [0.2, 0.25) is 5.82 Å². The van der Waals surface area contributed by atoms with Gasteiger partial charge in [-0.1, -0.05) is 13.3 Å². The Balaban J connectivity index is 2.67. The van der Waals surface area contributed by atoms with Gasteiger partial charge in [0, 0.05) is 6.54 Å². The van der Waals surface area contributed by atoms with Gasteiger partial charge in [0.25, 0.3) is 5.56 Å². The Morgan fingerprint density at radius 3 is 2.85 bits per heavy atom. The normalized spacial score (nSPS) is 9.92. The molecule has 0 atom stereocenters. The molecule has 6 heteroatoms. The van der Waals surface area contributed by atoms with E-state index in [1.165, 1.54) is 0 Å². The number of aromatic amines is 2. The van der Waals surface area contributed by atoms with E-state index in [4.69, 9.17) is 0 Å². The first-order chi connectivity index (χ1) is 6.24.